The highest BCUT2D eigenvalue weighted by atomic mass is 16.6. The van der Waals surface area contributed by atoms with Crippen molar-refractivity contribution in [3.05, 3.63) is 23.8 Å². The van der Waals surface area contributed by atoms with Crippen LogP contribution in [0.15, 0.2) is 23.8 Å². The molecule has 5 N–H and O–H groups in total. The van der Waals surface area contributed by atoms with Crippen LogP contribution < -0.4 is 21.7 Å². The third-order valence-electron chi connectivity index (χ3n) is 3.07. The maximum Gasteiger partial charge on any atom is 0.410 e. The highest BCUT2D eigenvalue weighted by Gasteiger charge is 2.23. The van der Waals surface area contributed by atoms with Gasteiger partial charge in [-0.1, -0.05) is 23.8 Å². The van der Waals surface area contributed by atoms with E-state index in [1.165, 1.54) is 0 Å². The molecule has 0 bridgehead atoms. The lowest BCUT2D eigenvalue weighted by Gasteiger charge is -2.26. The first-order valence-corrected chi connectivity index (χ1v) is 9.53. The summed E-state index contributed by atoms with van der Waals surface area (Å²) in [4.78, 5) is 24.1. The summed E-state index contributed by atoms with van der Waals surface area (Å²) in [5, 5.41) is 8.26. The lowest BCUT2D eigenvalue weighted by Crippen LogP contribution is -2.58. The Morgan fingerprint density at radius 2 is 1.46 bits per heavy atom. The number of hydrogen-bond acceptors (Lipinski definition) is 6. The molecule has 0 aromatic heterocycles. The molecule has 0 aliphatic heterocycles. The molecule has 2 amide bonds. The molecule has 0 aliphatic carbocycles. The Kier molecular flexibility index (Phi) is 10.8. The van der Waals surface area contributed by atoms with Gasteiger partial charge < -0.3 is 15.2 Å². The minimum absolute atomic E-state index is 0.0293. The maximum absolute atomic E-state index is 12.1. The third-order valence-corrected chi connectivity index (χ3v) is 3.07. The van der Waals surface area contributed by atoms with Gasteiger partial charge in [0.15, 0.2) is 6.29 Å². The van der Waals surface area contributed by atoms with Crippen LogP contribution in [-0.4, -0.2) is 42.3 Å². The maximum atomic E-state index is 12.1. The van der Waals surface area contributed by atoms with E-state index in [-0.39, 0.29) is 6.04 Å². The number of ether oxygens (including phenoxy) is 2. The number of alkyl carbamates (subject to hydrolysis) is 2. The van der Waals surface area contributed by atoms with Crippen molar-refractivity contribution in [3.8, 4) is 0 Å². The van der Waals surface area contributed by atoms with Gasteiger partial charge in [0, 0.05) is 12.6 Å². The molecule has 162 valence electrons. The van der Waals surface area contributed by atoms with Gasteiger partial charge in [0.25, 0.3) is 0 Å². The van der Waals surface area contributed by atoms with Crippen molar-refractivity contribution in [1.29, 1.82) is 0 Å². The van der Waals surface area contributed by atoms with E-state index < -0.39 is 29.7 Å². The highest BCUT2D eigenvalue weighted by molar-refractivity contribution is 5.71. The number of carbonyl (C=O) groups excluding carboxylic acids is 2. The fraction of sp³-hybridized carbons (Fsp3) is 0.700. The van der Waals surface area contributed by atoms with E-state index >= 15 is 0 Å². The van der Waals surface area contributed by atoms with E-state index in [1.54, 1.807) is 41.5 Å². The SMILES string of the molecule is C/C=C(\C=C/C(C)N)CCNC(NC(=O)OC(C)(C)C)NC(=O)OC(C)(C)C. The minimum Gasteiger partial charge on any atom is -0.444 e. The molecule has 0 aromatic carbocycles. The van der Waals surface area contributed by atoms with E-state index in [1.807, 2.05) is 32.1 Å². The zero-order valence-corrected chi connectivity index (χ0v) is 18.5. The van der Waals surface area contributed by atoms with Crippen LogP contribution in [0.5, 0.6) is 0 Å². The minimum atomic E-state index is -0.847. The van der Waals surface area contributed by atoms with Crippen LogP contribution >= 0.6 is 0 Å². The Bertz CT molecular complexity index is 528. The van der Waals surface area contributed by atoms with Crippen LogP contribution in [0.3, 0.4) is 0 Å². The van der Waals surface area contributed by atoms with Gasteiger partial charge in [-0.15, -0.1) is 0 Å². The van der Waals surface area contributed by atoms with Crippen LogP contribution in [0, 0.1) is 0 Å². The predicted octanol–water partition coefficient (Wildman–Crippen LogP) is 3.15. The van der Waals surface area contributed by atoms with Crippen molar-refractivity contribution in [1.82, 2.24) is 16.0 Å². The molecule has 0 saturated heterocycles. The van der Waals surface area contributed by atoms with Crippen molar-refractivity contribution in [2.45, 2.75) is 85.3 Å². The van der Waals surface area contributed by atoms with Gasteiger partial charge in [0.1, 0.15) is 11.2 Å². The lowest BCUT2D eigenvalue weighted by molar-refractivity contribution is 0.0407. The van der Waals surface area contributed by atoms with Crippen LogP contribution in [-0.2, 0) is 9.47 Å². The average molecular weight is 399 g/mol. The molecule has 8 heteroatoms. The number of nitrogens with one attached hydrogen (secondary N) is 3. The first kappa shape index (κ1) is 25.9. The molecule has 0 radical (unpaired) electrons. The summed E-state index contributed by atoms with van der Waals surface area (Å²) in [6.07, 6.45) is 4.39. The van der Waals surface area contributed by atoms with Crippen molar-refractivity contribution < 1.29 is 19.1 Å². The summed E-state index contributed by atoms with van der Waals surface area (Å²) in [6.45, 7) is 14.9. The van der Waals surface area contributed by atoms with Gasteiger partial charge in [-0.05, 0) is 61.8 Å². The Hall–Kier alpha value is -2.06. The molecule has 1 unspecified atom stereocenters. The molecule has 0 heterocycles. The summed E-state index contributed by atoms with van der Waals surface area (Å²) in [5.41, 5.74) is 5.51. The van der Waals surface area contributed by atoms with Crippen molar-refractivity contribution in [2.24, 2.45) is 5.73 Å². The summed E-state index contributed by atoms with van der Waals surface area (Å²) in [6, 6.07) is -0.0293. The van der Waals surface area contributed by atoms with Crippen molar-refractivity contribution >= 4 is 12.2 Å². The predicted molar refractivity (Wildman–Crippen MR) is 112 cm³/mol. The first-order valence-electron chi connectivity index (χ1n) is 9.53. The molecule has 0 spiro atoms. The van der Waals surface area contributed by atoms with E-state index in [0.717, 1.165) is 5.57 Å². The molecule has 28 heavy (non-hydrogen) atoms. The molecular weight excluding hydrogens is 360 g/mol. The largest absolute Gasteiger partial charge is 0.444 e. The number of amides is 2. The highest BCUT2D eigenvalue weighted by Crippen LogP contribution is 2.08. The zero-order valence-electron chi connectivity index (χ0n) is 18.5. The smallest absolute Gasteiger partial charge is 0.410 e. The molecule has 8 nitrogen and oxygen atoms in total. The fourth-order valence-electron chi connectivity index (χ4n) is 1.95. The molecular formula is C20H38N4O4. The fourth-order valence-corrected chi connectivity index (χ4v) is 1.95. The second-order valence-electron chi connectivity index (χ2n) is 8.51. The number of carbonyl (C=O) groups is 2. The topological polar surface area (TPSA) is 115 Å². The molecule has 1 atom stereocenters. The van der Waals surface area contributed by atoms with Gasteiger partial charge in [-0.25, -0.2) is 9.59 Å². The van der Waals surface area contributed by atoms with Gasteiger partial charge >= 0.3 is 12.2 Å². The molecule has 0 aromatic rings. The number of nitrogens with two attached hydrogens (primary N) is 1. The van der Waals surface area contributed by atoms with Crippen LogP contribution in [0.4, 0.5) is 9.59 Å². The number of hydrogen-bond donors (Lipinski definition) is 4. The summed E-state index contributed by atoms with van der Waals surface area (Å²) in [7, 11) is 0. The summed E-state index contributed by atoms with van der Waals surface area (Å²) >= 11 is 0. The van der Waals surface area contributed by atoms with Crippen molar-refractivity contribution in [2.75, 3.05) is 6.54 Å². The Morgan fingerprint density at radius 3 is 1.82 bits per heavy atom. The van der Waals surface area contributed by atoms with Crippen LogP contribution in [0.2, 0.25) is 0 Å². The van der Waals surface area contributed by atoms with Gasteiger partial charge in [-0.3, -0.25) is 16.0 Å². The molecule has 0 aliphatic rings. The number of rotatable bonds is 8. The normalized spacial score (nSPS) is 14.1. The molecule has 0 rings (SSSR count). The zero-order chi connectivity index (χ0) is 22.0. The molecule has 0 fully saturated rings. The van der Waals surface area contributed by atoms with E-state index in [0.29, 0.717) is 13.0 Å². The van der Waals surface area contributed by atoms with Crippen LogP contribution in [0.25, 0.3) is 0 Å². The quantitative estimate of drug-likeness (QED) is 0.369. The van der Waals surface area contributed by atoms with Crippen LogP contribution in [0.1, 0.15) is 61.8 Å². The average Bonchev–Trinajstić information content (AvgIpc) is 2.46. The van der Waals surface area contributed by atoms with E-state index in [4.69, 9.17) is 15.2 Å². The molecule has 0 saturated carbocycles. The monoisotopic (exact) mass is 398 g/mol. The standard InChI is InChI=1S/C20H38N4O4/c1-9-15(11-10-14(2)21)12-13-22-16(23-17(25)27-19(3,4)5)24-18(26)28-20(6,7)8/h9-11,14,16,22H,12-13,21H2,1-8H3,(H,23,25)(H,24,26)/b11-10-,15-9+. The second-order valence-corrected chi connectivity index (χ2v) is 8.51. The van der Waals surface area contributed by atoms with Crippen molar-refractivity contribution in [3.63, 3.8) is 0 Å². The summed E-state index contributed by atoms with van der Waals surface area (Å²) < 4.78 is 10.5. The van der Waals surface area contributed by atoms with Gasteiger partial charge in [-0.2, -0.15) is 0 Å². The Morgan fingerprint density at radius 1 is 1.00 bits per heavy atom. The third kappa shape index (κ3) is 15.0. The van der Waals surface area contributed by atoms with Gasteiger partial charge in [0.2, 0.25) is 0 Å². The van der Waals surface area contributed by atoms with E-state index in [9.17, 15) is 9.59 Å². The summed E-state index contributed by atoms with van der Waals surface area (Å²) in [5.74, 6) is 0. The first-order chi connectivity index (χ1) is 12.7. The number of allylic oxidation sites excluding steroid dienone is 2. The van der Waals surface area contributed by atoms with E-state index in [2.05, 4.69) is 16.0 Å². The second kappa shape index (κ2) is 11.7. The Labute approximate surface area is 169 Å². The van der Waals surface area contributed by atoms with Gasteiger partial charge in [0.05, 0.1) is 0 Å². The Balaban J connectivity index is 4.88. The lowest BCUT2D eigenvalue weighted by atomic mass is 10.1.